The fourth-order valence-corrected chi connectivity index (χ4v) is 4.44. The number of carbonyl (C=O) groups is 1. The van der Waals surface area contributed by atoms with Crippen molar-refractivity contribution in [1.82, 2.24) is 4.31 Å². The topological polar surface area (TPSA) is 72.9 Å². The van der Waals surface area contributed by atoms with Crippen molar-refractivity contribution in [3.05, 3.63) is 58.7 Å². The zero-order chi connectivity index (χ0) is 19.6. The van der Waals surface area contributed by atoms with Gasteiger partial charge in [0.2, 0.25) is 10.0 Å². The Balaban J connectivity index is 1.86. The van der Waals surface area contributed by atoms with E-state index in [1.54, 1.807) is 18.2 Å². The van der Waals surface area contributed by atoms with E-state index >= 15 is 0 Å². The number of benzene rings is 2. The lowest BCUT2D eigenvalue weighted by atomic mass is 10.1. The van der Waals surface area contributed by atoms with Gasteiger partial charge in [-0.05, 0) is 61.7 Å². The Morgan fingerprint density at radius 1 is 1.07 bits per heavy atom. The molecule has 0 aliphatic carbocycles. The highest BCUT2D eigenvalue weighted by atomic mass is 32.2. The molecule has 1 heterocycles. The Kier molecular flexibility index (Phi) is 5.64. The quantitative estimate of drug-likeness (QED) is 0.594. The molecule has 0 spiro atoms. The summed E-state index contributed by atoms with van der Waals surface area (Å²) in [6.07, 6.45) is 0. The van der Waals surface area contributed by atoms with E-state index in [9.17, 15) is 13.2 Å². The van der Waals surface area contributed by atoms with Crippen molar-refractivity contribution < 1.29 is 22.7 Å². The highest BCUT2D eigenvalue weighted by Gasteiger charge is 2.27. The molecule has 1 aliphatic heterocycles. The molecule has 0 unspecified atom stereocenters. The lowest BCUT2D eigenvalue weighted by Crippen LogP contribution is -2.40. The summed E-state index contributed by atoms with van der Waals surface area (Å²) >= 11 is 0. The maximum atomic E-state index is 12.8. The van der Waals surface area contributed by atoms with Crippen LogP contribution in [0.1, 0.15) is 27.0 Å². The minimum atomic E-state index is -3.67. The van der Waals surface area contributed by atoms with Gasteiger partial charge < -0.3 is 9.47 Å². The first-order chi connectivity index (χ1) is 12.8. The van der Waals surface area contributed by atoms with Crippen LogP contribution in [0, 0.1) is 20.8 Å². The number of carbonyl (C=O) groups excluding carboxylic acids is 1. The summed E-state index contributed by atoms with van der Waals surface area (Å²) in [5, 5.41) is 0. The second kappa shape index (κ2) is 7.80. The first-order valence-corrected chi connectivity index (χ1v) is 10.2. The van der Waals surface area contributed by atoms with E-state index < -0.39 is 16.0 Å². The van der Waals surface area contributed by atoms with Gasteiger partial charge >= 0.3 is 5.97 Å². The number of ether oxygens (including phenoxy) is 2. The van der Waals surface area contributed by atoms with Crippen molar-refractivity contribution in [3.8, 4) is 5.75 Å². The lowest BCUT2D eigenvalue weighted by Gasteiger charge is -2.26. The first-order valence-electron chi connectivity index (χ1n) is 8.77. The van der Waals surface area contributed by atoms with E-state index in [-0.39, 0.29) is 10.5 Å². The lowest BCUT2D eigenvalue weighted by molar-refractivity contribution is 0.0726. The highest BCUT2D eigenvalue weighted by Crippen LogP contribution is 2.25. The number of morpholine rings is 1. The van der Waals surface area contributed by atoms with E-state index in [4.69, 9.17) is 9.47 Å². The molecular weight excluding hydrogens is 366 g/mol. The van der Waals surface area contributed by atoms with Crippen LogP contribution in [0.5, 0.6) is 5.75 Å². The zero-order valence-electron chi connectivity index (χ0n) is 15.7. The van der Waals surface area contributed by atoms with Gasteiger partial charge in [0, 0.05) is 13.1 Å². The number of sulfonamides is 1. The molecule has 2 aromatic carbocycles. The predicted octanol–water partition coefficient (Wildman–Crippen LogP) is 2.85. The Morgan fingerprint density at radius 2 is 1.78 bits per heavy atom. The van der Waals surface area contributed by atoms with Crippen LogP contribution in [0.25, 0.3) is 0 Å². The van der Waals surface area contributed by atoms with Gasteiger partial charge in [0.25, 0.3) is 0 Å². The van der Waals surface area contributed by atoms with Crippen LogP contribution in [0.15, 0.2) is 41.3 Å². The highest BCUT2D eigenvalue weighted by molar-refractivity contribution is 7.89. The smallest absolute Gasteiger partial charge is 0.343 e. The molecule has 0 aromatic heterocycles. The van der Waals surface area contributed by atoms with Crippen LogP contribution >= 0.6 is 0 Å². The van der Waals surface area contributed by atoms with Crippen LogP contribution in [0.3, 0.4) is 0 Å². The number of hydrogen-bond donors (Lipinski definition) is 0. The zero-order valence-corrected chi connectivity index (χ0v) is 16.5. The molecule has 144 valence electrons. The first kappa shape index (κ1) is 19.5. The Labute approximate surface area is 159 Å². The predicted molar refractivity (Wildman–Crippen MR) is 102 cm³/mol. The summed E-state index contributed by atoms with van der Waals surface area (Å²) in [5.41, 5.74) is 3.10. The molecule has 0 N–H and O–H groups in total. The van der Waals surface area contributed by atoms with E-state index in [0.29, 0.717) is 32.1 Å². The monoisotopic (exact) mass is 389 g/mol. The second-order valence-electron chi connectivity index (χ2n) is 6.64. The molecule has 1 saturated heterocycles. The van der Waals surface area contributed by atoms with Crippen molar-refractivity contribution in [3.63, 3.8) is 0 Å². The van der Waals surface area contributed by atoms with E-state index in [0.717, 1.165) is 16.7 Å². The molecule has 6 nitrogen and oxygen atoms in total. The maximum Gasteiger partial charge on any atom is 0.343 e. The fourth-order valence-electron chi connectivity index (χ4n) is 2.99. The minimum Gasteiger partial charge on any atom is -0.423 e. The van der Waals surface area contributed by atoms with Gasteiger partial charge in [-0.15, -0.1) is 0 Å². The van der Waals surface area contributed by atoms with Crippen LogP contribution in [0.2, 0.25) is 0 Å². The standard InChI is InChI=1S/C20H23NO5S/c1-14-11-15(2)16(3)19(12-14)26-20(22)17-5-4-6-18(13-17)27(23,24)21-7-9-25-10-8-21/h4-6,11-13H,7-10H2,1-3H3. The molecule has 0 amide bonds. The molecular formula is C20H23NO5S. The molecule has 3 rings (SSSR count). The molecule has 1 fully saturated rings. The van der Waals surface area contributed by atoms with Gasteiger partial charge in [-0.1, -0.05) is 12.1 Å². The van der Waals surface area contributed by atoms with Crippen LogP contribution in [-0.4, -0.2) is 45.0 Å². The van der Waals surface area contributed by atoms with Crippen molar-refractivity contribution in [1.29, 1.82) is 0 Å². The second-order valence-corrected chi connectivity index (χ2v) is 8.58. The van der Waals surface area contributed by atoms with Crippen LogP contribution in [-0.2, 0) is 14.8 Å². The number of hydrogen-bond acceptors (Lipinski definition) is 5. The molecule has 0 bridgehead atoms. The maximum absolute atomic E-state index is 12.8. The molecule has 2 aromatic rings. The third-order valence-corrected chi connectivity index (χ3v) is 6.54. The van der Waals surface area contributed by atoms with Gasteiger partial charge in [0.05, 0.1) is 23.7 Å². The van der Waals surface area contributed by atoms with E-state index in [1.807, 2.05) is 26.8 Å². The van der Waals surface area contributed by atoms with Crippen LogP contribution < -0.4 is 4.74 Å². The summed E-state index contributed by atoms with van der Waals surface area (Å²) in [4.78, 5) is 12.7. The number of aryl methyl sites for hydroxylation is 2. The molecule has 0 atom stereocenters. The van der Waals surface area contributed by atoms with Gasteiger partial charge in [0.1, 0.15) is 5.75 Å². The number of rotatable bonds is 4. The van der Waals surface area contributed by atoms with Crippen LogP contribution in [0.4, 0.5) is 0 Å². The largest absolute Gasteiger partial charge is 0.423 e. The van der Waals surface area contributed by atoms with E-state index in [1.165, 1.54) is 16.4 Å². The Morgan fingerprint density at radius 3 is 2.48 bits per heavy atom. The van der Waals surface area contributed by atoms with Crippen molar-refractivity contribution in [2.45, 2.75) is 25.7 Å². The minimum absolute atomic E-state index is 0.0796. The normalized spacial score (nSPS) is 15.5. The van der Waals surface area contributed by atoms with E-state index in [2.05, 4.69) is 0 Å². The Hall–Kier alpha value is -2.22. The number of nitrogens with zero attached hydrogens (tertiary/aromatic N) is 1. The molecule has 1 aliphatic rings. The summed E-state index contributed by atoms with van der Waals surface area (Å²) in [6.45, 7) is 7.11. The number of esters is 1. The van der Waals surface area contributed by atoms with Crippen molar-refractivity contribution in [2.24, 2.45) is 0 Å². The van der Waals surface area contributed by atoms with Gasteiger partial charge in [-0.3, -0.25) is 0 Å². The molecule has 0 saturated carbocycles. The fraction of sp³-hybridized carbons (Fsp3) is 0.350. The SMILES string of the molecule is Cc1cc(C)c(C)c(OC(=O)c2cccc(S(=O)(=O)N3CCOCC3)c2)c1. The molecule has 0 radical (unpaired) electrons. The molecule has 27 heavy (non-hydrogen) atoms. The summed E-state index contributed by atoms with van der Waals surface area (Å²) in [7, 11) is -3.67. The van der Waals surface area contributed by atoms with Gasteiger partial charge in [-0.25, -0.2) is 13.2 Å². The summed E-state index contributed by atoms with van der Waals surface area (Å²) in [5.74, 6) is -0.0962. The van der Waals surface area contributed by atoms with Crippen molar-refractivity contribution >= 4 is 16.0 Å². The summed E-state index contributed by atoms with van der Waals surface area (Å²) in [6, 6.07) is 9.78. The average molecular weight is 389 g/mol. The molecule has 7 heteroatoms. The van der Waals surface area contributed by atoms with Crippen molar-refractivity contribution in [2.75, 3.05) is 26.3 Å². The average Bonchev–Trinajstić information content (AvgIpc) is 2.66. The third-order valence-electron chi connectivity index (χ3n) is 4.64. The summed E-state index contributed by atoms with van der Waals surface area (Å²) < 4.78 is 37.7. The third kappa shape index (κ3) is 4.21. The Bertz CT molecular complexity index is 962. The van der Waals surface area contributed by atoms with Gasteiger partial charge in [0.15, 0.2) is 0 Å². The van der Waals surface area contributed by atoms with Gasteiger partial charge in [-0.2, -0.15) is 4.31 Å².